The molecule has 0 bridgehead atoms. The zero-order chi connectivity index (χ0) is 19.8. The van der Waals surface area contributed by atoms with Crippen molar-refractivity contribution < 1.29 is 19.0 Å². The second kappa shape index (κ2) is 9.80. The van der Waals surface area contributed by atoms with Gasteiger partial charge in [-0.25, -0.2) is 0 Å². The van der Waals surface area contributed by atoms with E-state index in [0.717, 1.165) is 30.9 Å². The summed E-state index contributed by atoms with van der Waals surface area (Å²) < 4.78 is 16.5. The van der Waals surface area contributed by atoms with Gasteiger partial charge in [0, 0.05) is 12.6 Å². The number of likely N-dealkylation sites (N-methyl/N-ethyl adjacent to an activating group) is 1. The van der Waals surface area contributed by atoms with E-state index in [1.807, 2.05) is 42.5 Å². The van der Waals surface area contributed by atoms with Crippen LogP contribution in [0.3, 0.4) is 0 Å². The number of nitrogens with zero attached hydrogens (tertiary/aromatic N) is 1. The van der Waals surface area contributed by atoms with Crippen molar-refractivity contribution in [2.75, 3.05) is 38.4 Å². The fourth-order valence-corrected chi connectivity index (χ4v) is 2.88. The average molecular weight is 382 g/mol. The van der Waals surface area contributed by atoms with Crippen LogP contribution >= 0.6 is 0 Å². The third-order valence-corrected chi connectivity index (χ3v) is 4.53. The molecule has 3 rings (SSSR count). The average Bonchev–Trinajstić information content (AvgIpc) is 3.19. The van der Waals surface area contributed by atoms with Gasteiger partial charge < -0.3 is 24.4 Å². The SMILES string of the molecule is CCN(CC)CCOc1ccccc1NC(=O)C=Cc1ccc2c(c1)OCO2. The number of ether oxygens (including phenoxy) is 3. The van der Waals surface area contributed by atoms with Gasteiger partial charge in [0.2, 0.25) is 12.7 Å². The lowest BCUT2D eigenvalue weighted by Gasteiger charge is -2.19. The number of hydrogen-bond donors (Lipinski definition) is 1. The summed E-state index contributed by atoms with van der Waals surface area (Å²) in [5, 5.41) is 2.88. The summed E-state index contributed by atoms with van der Waals surface area (Å²) in [4.78, 5) is 14.6. The van der Waals surface area contributed by atoms with Crippen molar-refractivity contribution in [2.45, 2.75) is 13.8 Å². The summed E-state index contributed by atoms with van der Waals surface area (Å²) in [6, 6.07) is 13.0. The van der Waals surface area contributed by atoms with Gasteiger partial charge in [-0.2, -0.15) is 0 Å². The molecule has 0 saturated carbocycles. The van der Waals surface area contributed by atoms with E-state index >= 15 is 0 Å². The highest BCUT2D eigenvalue weighted by atomic mass is 16.7. The zero-order valence-electron chi connectivity index (χ0n) is 16.3. The van der Waals surface area contributed by atoms with Crippen molar-refractivity contribution in [3.05, 3.63) is 54.1 Å². The number of hydrogen-bond acceptors (Lipinski definition) is 5. The highest BCUT2D eigenvalue weighted by Gasteiger charge is 2.12. The molecule has 0 saturated heterocycles. The van der Waals surface area contributed by atoms with E-state index in [4.69, 9.17) is 14.2 Å². The van der Waals surface area contributed by atoms with Crippen LogP contribution in [-0.4, -0.2) is 43.8 Å². The number of rotatable bonds is 9. The monoisotopic (exact) mass is 382 g/mol. The lowest BCUT2D eigenvalue weighted by molar-refractivity contribution is -0.111. The third-order valence-electron chi connectivity index (χ3n) is 4.53. The lowest BCUT2D eigenvalue weighted by atomic mass is 10.2. The fraction of sp³-hybridized carbons (Fsp3) is 0.318. The van der Waals surface area contributed by atoms with Crippen molar-refractivity contribution >= 4 is 17.7 Å². The van der Waals surface area contributed by atoms with Crippen LogP contribution in [0.2, 0.25) is 0 Å². The minimum absolute atomic E-state index is 0.225. The molecule has 0 aromatic heterocycles. The summed E-state index contributed by atoms with van der Waals surface area (Å²) in [7, 11) is 0. The molecule has 1 amide bonds. The predicted octanol–water partition coefficient (Wildman–Crippen LogP) is 3.79. The molecule has 0 unspecified atom stereocenters. The number of nitrogens with one attached hydrogen (secondary N) is 1. The van der Waals surface area contributed by atoms with Gasteiger partial charge in [0.05, 0.1) is 5.69 Å². The Morgan fingerprint density at radius 2 is 1.93 bits per heavy atom. The summed E-state index contributed by atoms with van der Waals surface area (Å²) >= 11 is 0. The number of carbonyl (C=O) groups is 1. The molecule has 2 aromatic rings. The largest absolute Gasteiger partial charge is 0.490 e. The van der Waals surface area contributed by atoms with Crippen LogP contribution in [0.1, 0.15) is 19.4 Å². The van der Waals surface area contributed by atoms with Gasteiger partial charge in [-0.05, 0) is 49.0 Å². The molecule has 28 heavy (non-hydrogen) atoms. The number of carbonyl (C=O) groups excluding carboxylic acids is 1. The number of para-hydroxylation sites is 2. The molecule has 1 aliphatic rings. The Morgan fingerprint density at radius 1 is 1.14 bits per heavy atom. The number of benzene rings is 2. The lowest BCUT2D eigenvalue weighted by Crippen LogP contribution is -2.28. The maximum Gasteiger partial charge on any atom is 0.248 e. The van der Waals surface area contributed by atoms with E-state index in [1.54, 1.807) is 6.08 Å². The fourth-order valence-electron chi connectivity index (χ4n) is 2.88. The maximum atomic E-state index is 12.3. The van der Waals surface area contributed by atoms with Crippen LogP contribution in [0.4, 0.5) is 5.69 Å². The summed E-state index contributed by atoms with van der Waals surface area (Å²) in [5.74, 6) is 1.85. The molecular formula is C22H26N2O4. The predicted molar refractivity (Wildman–Crippen MR) is 110 cm³/mol. The first-order valence-corrected chi connectivity index (χ1v) is 9.52. The van der Waals surface area contributed by atoms with Gasteiger partial charge in [-0.15, -0.1) is 0 Å². The molecule has 148 valence electrons. The maximum absolute atomic E-state index is 12.3. The van der Waals surface area contributed by atoms with Crippen LogP contribution < -0.4 is 19.5 Å². The molecule has 0 spiro atoms. The number of fused-ring (bicyclic) bond motifs is 1. The summed E-state index contributed by atoms with van der Waals surface area (Å²) in [6.45, 7) is 7.88. The first kappa shape index (κ1) is 19.8. The van der Waals surface area contributed by atoms with E-state index in [2.05, 4.69) is 24.1 Å². The Labute approximate surface area is 165 Å². The minimum Gasteiger partial charge on any atom is -0.490 e. The van der Waals surface area contributed by atoms with Crippen LogP contribution in [0.25, 0.3) is 6.08 Å². The molecule has 2 aromatic carbocycles. The van der Waals surface area contributed by atoms with Crippen molar-refractivity contribution in [3.63, 3.8) is 0 Å². The summed E-state index contributed by atoms with van der Waals surface area (Å²) in [6.07, 6.45) is 3.23. The van der Waals surface area contributed by atoms with Crippen molar-refractivity contribution in [3.8, 4) is 17.2 Å². The normalized spacial score (nSPS) is 12.5. The molecule has 1 aliphatic heterocycles. The molecular weight excluding hydrogens is 356 g/mol. The first-order valence-electron chi connectivity index (χ1n) is 9.52. The minimum atomic E-state index is -0.225. The van der Waals surface area contributed by atoms with E-state index in [9.17, 15) is 4.79 Å². The molecule has 0 radical (unpaired) electrons. The molecule has 0 aliphatic carbocycles. The Kier molecular flexibility index (Phi) is 6.92. The van der Waals surface area contributed by atoms with Gasteiger partial charge >= 0.3 is 0 Å². The van der Waals surface area contributed by atoms with E-state index in [-0.39, 0.29) is 12.7 Å². The topological polar surface area (TPSA) is 60.0 Å². The highest BCUT2D eigenvalue weighted by Crippen LogP contribution is 2.32. The highest BCUT2D eigenvalue weighted by molar-refractivity contribution is 6.02. The van der Waals surface area contributed by atoms with E-state index in [1.165, 1.54) is 6.08 Å². The van der Waals surface area contributed by atoms with Crippen molar-refractivity contribution in [1.29, 1.82) is 0 Å². The standard InChI is InChI=1S/C22H26N2O4/c1-3-24(4-2)13-14-26-19-8-6-5-7-18(19)23-22(25)12-10-17-9-11-20-21(15-17)28-16-27-20/h5-12,15H,3-4,13-14,16H2,1-2H3,(H,23,25). The zero-order valence-corrected chi connectivity index (χ0v) is 16.3. The van der Waals surface area contributed by atoms with Gasteiger partial charge in [-0.3, -0.25) is 4.79 Å². The smallest absolute Gasteiger partial charge is 0.248 e. The second-order valence-electron chi connectivity index (χ2n) is 6.31. The van der Waals surface area contributed by atoms with Crippen LogP contribution in [0.5, 0.6) is 17.2 Å². The van der Waals surface area contributed by atoms with E-state index in [0.29, 0.717) is 23.8 Å². The third kappa shape index (κ3) is 5.27. The Bertz CT molecular complexity index is 831. The molecule has 0 atom stereocenters. The van der Waals surface area contributed by atoms with Crippen LogP contribution in [-0.2, 0) is 4.79 Å². The first-order chi connectivity index (χ1) is 13.7. The molecule has 0 fully saturated rings. The van der Waals surface area contributed by atoms with Gasteiger partial charge in [0.1, 0.15) is 12.4 Å². The van der Waals surface area contributed by atoms with E-state index < -0.39 is 0 Å². The van der Waals surface area contributed by atoms with Crippen molar-refractivity contribution in [1.82, 2.24) is 4.90 Å². The van der Waals surface area contributed by atoms with Gasteiger partial charge in [0.25, 0.3) is 0 Å². The van der Waals surface area contributed by atoms with Crippen LogP contribution in [0, 0.1) is 0 Å². The Hall–Kier alpha value is -2.99. The van der Waals surface area contributed by atoms with Crippen molar-refractivity contribution in [2.24, 2.45) is 0 Å². The molecule has 1 N–H and O–H groups in total. The number of anilines is 1. The van der Waals surface area contributed by atoms with Crippen LogP contribution in [0.15, 0.2) is 48.5 Å². The number of amides is 1. The summed E-state index contributed by atoms with van der Waals surface area (Å²) in [5.41, 5.74) is 1.52. The quantitative estimate of drug-likeness (QED) is 0.669. The molecule has 6 nitrogen and oxygen atoms in total. The molecule has 6 heteroatoms. The van der Waals surface area contributed by atoms with Gasteiger partial charge in [-0.1, -0.05) is 32.0 Å². The second-order valence-corrected chi connectivity index (χ2v) is 6.31. The van der Waals surface area contributed by atoms with Gasteiger partial charge in [0.15, 0.2) is 11.5 Å². The molecule has 1 heterocycles. The Morgan fingerprint density at radius 3 is 2.75 bits per heavy atom. The Balaban J connectivity index is 1.58.